The maximum absolute atomic E-state index is 12.1. The lowest BCUT2D eigenvalue weighted by Gasteiger charge is -2.31. The molecule has 1 aromatic rings. The molecule has 130 valence electrons. The van der Waals surface area contributed by atoms with Crippen LogP contribution in [0.3, 0.4) is 0 Å². The summed E-state index contributed by atoms with van der Waals surface area (Å²) in [6.07, 6.45) is 1.47. The van der Waals surface area contributed by atoms with Crippen LogP contribution in [0.5, 0.6) is 0 Å². The molecule has 2 amide bonds. The zero-order valence-corrected chi connectivity index (χ0v) is 14.4. The van der Waals surface area contributed by atoms with Crippen LogP contribution < -0.4 is 5.32 Å². The minimum Gasteiger partial charge on any atom is -0.481 e. The number of carboxylic acid groups (broad SMARTS) is 1. The molecule has 0 saturated carbocycles. The van der Waals surface area contributed by atoms with Crippen molar-refractivity contribution >= 4 is 41.0 Å². The van der Waals surface area contributed by atoms with Gasteiger partial charge in [-0.15, -0.1) is 0 Å². The Labute approximate surface area is 149 Å². The standard InChI is InChI=1S/C16H18Cl2N2O4/c17-12-2-1-11(8-13(12)18)16(24)19-9-14(21)20-5-3-10(4-6-20)7-15(22)23/h1-2,8,10H,3-7,9H2,(H,19,24)(H,22,23). The highest BCUT2D eigenvalue weighted by Crippen LogP contribution is 2.22. The number of carboxylic acids is 1. The summed E-state index contributed by atoms with van der Waals surface area (Å²) in [7, 11) is 0. The maximum atomic E-state index is 12.1. The van der Waals surface area contributed by atoms with Crippen LogP contribution in [0.1, 0.15) is 29.6 Å². The van der Waals surface area contributed by atoms with Gasteiger partial charge < -0.3 is 15.3 Å². The number of carbonyl (C=O) groups is 3. The first-order valence-electron chi connectivity index (χ1n) is 7.59. The monoisotopic (exact) mass is 372 g/mol. The number of rotatable bonds is 5. The van der Waals surface area contributed by atoms with Gasteiger partial charge in [0.1, 0.15) is 0 Å². The molecule has 0 atom stereocenters. The van der Waals surface area contributed by atoms with Gasteiger partial charge >= 0.3 is 5.97 Å². The van der Waals surface area contributed by atoms with Gasteiger partial charge in [0, 0.05) is 25.1 Å². The molecule has 0 radical (unpaired) electrons. The lowest BCUT2D eigenvalue weighted by atomic mass is 9.93. The molecule has 1 aliphatic rings. The maximum Gasteiger partial charge on any atom is 0.303 e. The van der Waals surface area contributed by atoms with E-state index in [1.165, 1.54) is 18.2 Å². The third-order valence-corrected chi connectivity index (χ3v) is 4.75. The van der Waals surface area contributed by atoms with Crippen LogP contribution in [0.25, 0.3) is 0 Å². The Hall–Kier alpha value is -1.79. The molecule has 1 saturated heterocycles. The van der Waals surface area contributed by atoms with Gasteiger partial charge in [0.15, 0.2) is 0 Å². The number of nitrogens with zero attached hydrogens (tertiary/aromatic N) is 1. The highest BCUT2D eigenvalue weighted by molar-refractivity contribution is 6.42. The fourth-order valence-corrected chi connectivity index (χ4v) is 2.94. The summed E-state index contributed by atoms with van der Waals surface area (Å²) < 4.78 is 0. The molecule has 0 spiro atoms. The summed E-state index contributed by atoms with van der Waals surface area (Å²) in [5, 5.41) is 12.0. The molecule has 0 bridgehead atoms. The van der Waals surface area contributed by atoms with Crippen molar-refractivity contribution in [3.63, 3.8) is 0 Å². The number of nitrogens with one attached hydrogen (secondary N) is 1. The van der Waals surface area contributed by atoms with E-state index in [0.717, 1.165) is 0 Å². The number of aliphatic carboxylic acids is 1. The Morgan fingerprint density at radius 2 is 1.83 bits per heavy atom. The molecule has 24 heavy (non-hydrogen) atoms. The predicted octanol–water partition coefficient (Wildman–Crippen LogP) is 2.44. The Bertz CT molecular complexity index is 643. The summed E-state index contributed by atoms with van der Waals surface area (Å²) >= 11 is 11.7. The Kier molecular flexibility index (Phi) is 6.45. The van der Waals surface area contributed by atoms with Gasteiger partial charge in [0.05, 0.1) is 16.6 Å². The smallest absolute Gasteiger partial charge is 0.303 e. The fourth-order valence-electron chi connectivity index (χ4n) is 2.64. The number of halogens is 2. The van der Waals surface area contributed by atoms with E-state index >= 15 is 0 Å². The van der Waals surface area contributed by atoms with Gasteiger partial charge in [0.25, 0.3) is 5.91 Å². The van der Waals surface area contributed by atoms with E-state index in [9.17, 15) is 14.4 Å². The molecule has 2 rings (SSSR count). The molecule has 1 fully saturated rings. The van der Waals surface area contributed by atoms with Gasteiger partial charge in [0.2, 0.25) is 5.91 Å². The molecule has 1 heterocycles. The number of hydrogen-bond donors (Lipinski definition) is 2. The van der Waals surface area contributed by atoms with Crippen molar-refractivity contribution in [1.29, 1.82) is 0 Å². The van der Waals surface area contributed by atoms with E-state index in [-0.39, 0.29) is 29.8 Å². The van der Waals surface area contributed by atoms with E-state index in [2.05, 4.69) is 5.32 Å². The van der Waals surface area contributed by atoms with Crippen molar-refractivity contribution in [3.05, 3.63) is 33.8 Å². The van der Waals surface area contributed by atoms with Crippen molar-refractivity contribution in [2.45, 2.75) is 19.3 Å². The van der Waals surface area contributed by atoms with Gasteiger partial charge in [-0.2, -0.15) is 0 Å². The molecule has 1 aromatic carbocycles. The minimum atomic E-state index is -0.811. The summed E-state index contributed by atoms with van der Waals surface area (Å²) in [6, 6.07) is 4.50. The van der Waals surface area contributed by atoms with Crippen LogP contribution in [-0.4, -0.2) is 47.4 Å². The average molecular weight is 373 g/mol. The first kappa shape index (κ1) is 18.5. The SMILES string of the molecule is O=C(O)CC1CCN(C(=O)CNC(=O)c2ccc(Cl)c(Cl)c2)CC1. The Morgan fingerprint density at radius 3 is 2.42 bits per heavy atom. The van der Waals surface area contributed by atoms with Crippen LogP contribution >= 0.6 is 23.2 Å². The summed E-state index contributed by atoms with van der Waals surface area (Å²) in [5.74, 6) is -1.29. The zero-order chi connectivity index (χ0) is 17.7. The highest BCUT2D eigenvalue weighted by atomic mass is 35.5. The molecule has 2 N–H and O–H groups in total. The Balaban J connectivity index is 1.80. The number of likely N-dealkylation sites (tertiary alicyclic amines) is 1. The number of amides is 2. The predicted molar refractivity (Wildman–Crippen MR) is 90.4 cm³/mol. The van der Waals surface area contributed by atoms with E-state index in [1.54, 1.807) is 4.90 Å². The topological polar surface area (TPSA) is 86.7 Å². The first-order chi connectivity index (χ1) is 11.4. The van der Waals surface area contributed by atoms with Crippen LogP contribution in [-0.2, 0) is 9.59 Å². The minimum absolute atomic E-state index is 0.108. The van der Waals surface area contributed by atoms with E-state index in [4.69, 9.17) is 28.3 Å². The first-order valence-corrected chi connectivity index (χ1v) is 8.35. The van der Waals surface area contributed by atoms with Gasteiger partial charge in [-0.05, 0) is 37.0 Å². The number of benzene rings is 1. The van der Waals surface area contributed by atoms with Crippen LogP contribution in [0.4, 0.5) is 0 Å². The van der Waals surface area contributed by atoms with Crippen molar-refractivity contribution in [1.82, 2.24) is 10.2 Å². The molecule has 0 unspecified atom stereocenters. The fraction of sp³-hybridized carbons (Fsp3) is 0.438. The normalized spacial score (nSPS) is 15.2. The molecule has 0 aromatic heterocycles. The number of carbonyl (C=O) groups excluding carboxylic acids is 2. The Morgan fingerprint density at radius 1 is 1.17 bits per heavy atom. The molecule has 8 heteroatoms. The quantitative estimate of drug-likeness (QED) is 0.830. The second-order valence-electron chi connectivity index (χ2n) is 5.73. The number of hydrogen-bond acceptors (Lipinski definition) is 3. The van der Waals surface area contributed by atoms with Crippen molar-refractivity contribution in [2.75, 3.05) is 19.6 Å². The largest absolute Gasteiger partial charge is 0.481 e. The second kappa shape index (κ2) is 8.35. The second-order valence-corrected chi connectivity index (χ2v) is 6.55. The average Bonchev–Trinajstić information content (AvgIpc) is 2.55. The van der Waals surface area contributed by atoms with Gasteiger partial charge in [-0.1, -0.05) is 23.2 Å². The summed E-state index contributed by atoms with van der Waals surface area (Å²) in [6.45, 7) is 0.918. The van der Waals surface area contributed by atoms with Crippen LogP contribution in [0.15, 0.2) is 18.2 Å². The molecule has 0 aliphatic carbocycles. The van der Waals surface area contributed by atoms with Gasteiger partial charge in [-0.25, -0.2) is 0 Å². The third kappa shape index (κ3) is 5.11. The van der Waals surface area contributed by atoms with E-state index in [0.29, 0.717) is 36.5 Å². The van der Waals surface area contributed by atoms with E-state index in [1.807, 2.05) is 0 Å². The lowest BCUT2D eigenvalue weighted by Crippen LogP contribution is -2.44. The summed E-state index contributed by atoms with van der Waals surface area (Å²) in [5.41, 5.74) is 0.331. The molecule has 6 nitrogen and oxygen atoms in total. The van der Waals surface area contributed by atoms with Crippen LogP contribution in [0.2, 0.25) is 10.0 Å². The summed E-state index contributed by atoms with van der Waals surface area (Å²) in [4.78, 5) is 36.5. The van der Waals surface area contributed by atoms with E-state index < -0.39 is 11.9 Å². The van der Waals surface area contributed by atoms with Crippen molar-refractivity contribution in [3.8, 4) is 0 Å². The molecular weight excluding hydrogens is 355 g/mol. The van der Waals surface area contributed by atoms with Crippen molar-refractivity contribution in [2.24, 2.45) is 5.92 Å². The highest BCUT2D eigenvalue weighted by Gasteiger charge is 2.24. The number of piperidine rings is 1. The lowest BCUT2D eigenvalue weighted by molar-refractivity contribution is -0.138. The molecular formula is C16H18Cl2N2O4. The molecule has 1 aliphatic heterocycles. The zero-order valence-electron chi connectivity index (χ0n) is 12.9. The van der Waals surface area contributed by atoms with Gasteiger partial charge in [-0.3, -0.25) is 14.4 Å². The van der Waals surface area contributed by atoms with Crippen LogP contribution in [0, 0.1) is 5.92 Å². The van der Waals surface area contributed by atoms with Crippen molar-refractivity contribution < 1.29 is 19.5 Å². The third-order valence-electron chi connectivity index (χ3n) is 4.01.